The Labute approximate surface area is 112 Å². The van der Waals surface area contributed by atoms with E-state index < -0.39 is 22.9 Å². The van der Waals surface area contributed by atoms with Gasteiger partial charge in [0, 0.05) is 12.1 Å². The topological polar surface area (TPSA) is 117 Å². The van der Waals surface area contributed by atoms with Gasteiger partial charge in [-0.25, -0.2) is 9.89 Å². The number of carbonyl (C=O) groups is 1. The minimum Gasteiger partial charge on any atom is -0.496 e. The van der Waals surface area contributed by atoms with Gasteiger partial charge < -0.3 is 10.1 Å². The number of aromatic amines is 2. The summed E-state index contributed by atoms with van der Waals surface area (Å²) in [6.45, 7) is 0.170. The highest BCUT2D eigenvalue weighted by Crippen LogP contribution is 2.16. The van der Waals surface area contributed by atoms with Crippen LogP contribution in [0.4, 0.5) is 0 Å². The van der Waals surface area contributed by atoms with Crippen LogP contribution in [0.3, 0.4) is 0 Å². The van der Waals surface area contributed by atoms with E-state index in [1.54, 1.807) is 24.3 Å². The summed E-state index contributed by atoms with van der Waals surface area (Å²) < 4.78 is 5.14. The van der Waals surface area contributed by atoms with Crippen LogP contribution in [0.1, 0.15) is 16.1 Å². The van der Waals surface area contributed by atoms with Crippen molar-refractivity contribution in [2.24, 2.45) is 0 Å². The Balaban J connectivity index is 2.13. The van der Waals surface area contributed by atoms with Crippen LogP contribution in [0.25, 0.3) is 0 Å². The van der Waals surface area contributed by atoms with E-state index in [1.165, 1.54) is 7.11 Å². The molecule has 2 rings (SSSR count). The molecule has 0 aliphatic heterocycles. The fourth-order valence-corrected chi connectivity index (χ4v) is 1.61. The van der Waals surface area contributed by atoms with Crippen LogP contribution >= 0.6 is 0 Å². The van der Waals surface area contributed by atoms with Crippen molar-refractivity contribution in [3.05, 3.63) is 56.4 Å². The zero-order valence-electron chi connectivity index (χ0n) is 10.6. The summed E-state index contributed by atoms with van der Waals surface area (Å²) in [5.74, 6) is -0.0652. The Morgan fingerprint density at radius 2 is 2.10 bits per heavy atom. The number of hydrogen-bond donors (Lipinski definition) is 3. The molecule has 8 heteroatoms. The van der Waals surface area contributed by atoms with Crippen LogP contribution in [-0.4, -0.2) is 28.2 Å². The van der Waals surface area contributed by atoms with Crippen LogP contribution < -0.4 is 21.3 Å². The van der Waals surface area contributed by atoms with Crippen LogP contribution in [-0.2, 0) is 6.54 Å². The maximum atomic E-state index is 11.8. The van der Waals surface area contributed by atoms with E-state index in [2.05, 4.69) is 10.4 Å². The lowest BCUT2D eigenvalue weighted by Crippen LogP contribution is -2.35. The number of ether oxygens (including phenoxy) is 1. The van der Waals surface area contributed by atoms with E-state index >= 15 is 0 Å². The number of carbonyl (C=O) groups excluding carboxylic acids is 1. The molecule has 1 aromatic heterocycles. The van der Waals surface area contributed by atoms with Gasteiger partial charge in [-0.2, -0.15) is 5.10 Å². The number of para-hydroxylation sites is 1. The maximum absolute atomic E-state index is 11.8. The Morgan fingerprint density at radius 1 is 1.35 bits per heavy atom. The summed E-state index contributed by atoms with van der Waals surface area (Å²) in [5, 5.41) is 7.93. The number of amides is 1. The predicted molar refractivity (Wildman–Crippen MR) is 69.6 cm³/mol. The molecule has 0 bridgehead atoms. The van der Waals surface area contributed by atoms with Crippen molar-refractivity contribution in [3.63, 3.8) is 0 Å². The largest absolute Gasteiger partial charge is 0.496 e. The molecule has 104 valence electrons. The van der Waals surface area contributed by atoms with E-state index in [9.17, 15) is 14.4 Å². The monoisotopic (exact) mass is 276 g/mol. The lowest BCUT2D eigenvalue weighted by Gasteiger charge is -2.08. The first-order chi connectivity index (χ1) is 9.61. The van der Waals surface area contributed by atoms with E-state index in [0.717, 1.165) is 5.56 Å². The number of nitrogens with zero attached hydrogens (tertiary/aromatic N) is 1. The fourth-order valence-electron chi connectivity index (χ4n) is 1.61. The van der Waals surface area contributed by atoms with Gasteiger partial charge in [-0.3, -0.25) is 14.6 Å². The van der Waals surface area contributed by atoms with Gasteiger partial charge in [0.15, 0.2) is 0 Å². The van der Waals surface area contributed by atoms with E-state index in [-0.39, 0.29) is 6.54 Å². The molecule has 1 heterocycles. The van der Waals surface area contributed by atoms with Gasteiger partial charge in [0.05, 0.1) is 7.11 Å². The molecular formula is C12H12N4O4. The molecule has 20 heavy (non-hydrogen) atoms. The molecular weight excluding hydrogens is 264 g/mol. The number of hydrogen-bond acceptors (Lipinski definition) is 5. The second-order valence-electron chi connectivity index (χ2n) is 3.85. The number of benzene rings is 1. The van der Waals surface area contributed by atoms with Gasteiger partial charge in [-0.15, -0.1) is 0 Å². The van der Waals surface area contributed by atoms with Crippen molar-refractivity contribution in [2.75, 3.05) is 7.11 Å². The molecule has 0 spiro atoms. The zero-order valence-corrected chi connectivity index (χ0v) is 10.6. The molecule has 0 radical (unpaired) electrons. The first-order valence-corrected chi connectivity index (χ1v) is 5.71. The van der Waals surface area contributed by atoms with E-state index in [1.807, 2.05) is 10.1 Å². The van der Waals surface area contributed by atoms with Gasteiger partial charge in [-0.05, 0) is 6.07 Å². The second-order valence-corrected chi connectivity index (χ2v) is 3.85. The Morgan fingerprint density at radius 3 is 2.80 bits per heavy atom. The average molecular weight is 276 g/mol. The van der Waals surface area contributed by atoms with Gasteiger partial charge in [-0.1, -0.05) is 18.2 Å². The molecule has 0 fully saturated rings. The van der Waals surface area contributed by atoms with Crippen molar-refractivity contribution in [2.45, 2.75) is 6.54 Å². The zero-order chi connectivity index (χ0) is 14.5. The molecule has 2 aromatic rings. The summed E-state index contributed by atoms with van der Waals surface area (Å²) in [5.41, 5.74) is -1.26. The molecule has 0 aliphatic carbocycles. The van der Waals surface area contributed by atoms with E-state index in [0.29, 0.717) is 5.75 Å². The summed E-state index contributed by atoms with van der Waals surface area (Å²) in [6, 6.07) is 7.14. The fraction of sp³-hybridized carbons (Fsp3) is 0.167. The minimum absolute atomic E-state index is 0.170. The molecule has 1 aromatic carbocycles. The van der Waals surface area contributed by atoms with Crippen LogP contribution in [0, 0.1) is 0 Å². The Bertz CT molecular complexity index is 734. The Kier molecular flexibility index (Phi) is 3.94. The third-order valence-electron chi connectivity index (χ3n) is 2.56. The third-order valence-corrected chi connectivity index (χ3v) is 2.56. The lowest BCUT2D eigenvalue weighted by molar-refractivity contribution is 0.0942. The second kappa shape index (κ2) is 5.83. The Hall–Kier alpha value is -2.90. The van der Waals surface area contributed by atoms with Crippen molar-refractivity contribution in [1.29, 1.82) is 0 Å². The first kappa shape index (κ1) is 13.5. The molecule has 0 atom stereocenters. The highest BCUT2D eigenvalue weighted by molar-refractivity contribution is 5.91. The normalized spacial score (nSPS) is 10.1. The third kappa shape index (κ3) is 2.91. The number of H-pyrrole nitrogens is 2. The summed E-state index contributed by atoms with van der Waals surface area (Å²) in [4.78, 5) is 35.9. The smallest absolute Gasteiger partial charge is 0.342 e. The molecule has 0 aliphatic rings. The predicted octanol–water partition coefficient (Wildman–Crippen LogP) is -0.603. The van der Waals surface area contributed by atoms with Crippen molar-refractivity contribution >= 4 is 5.91 Å². The highest BCUT2D eigenvalue weighted by Gasteiger charge is 2.13. The SMILES string of the molecule is COc1ccccc1CNC(=O)c1n[nH]c(=O)[nH]c1=O. The number of rotatable bonds is 4. The summed E-state index contributed by atoms with van der Waals surface area (Å²) >= 11 is 0. The number of nitrogens with one attached hydrogen (secondary N) is 3. The standard InChI is InChI=1S/C12H12N4O4/c1-20-8-5-3-2-4-7(8)6-13-10(17)9-11(18)14-12(19)16-15-9/h2-5H,6H2,1H3,(H,13,17)(H2,14,16,18,19). The first-order valence-electron chi connectivity index (χ1n) is 5.71. The molecule has 8 nitrogen and oxygen atoms in total. The van der Waals surface area contributed by atoms with Crippen molar-refractivity contribution < 1.29 is 9.53 Å². The maximum Gasteiger partial charge on any atom is 0.342 e. The van der Waals surface area contributed by atoms with Gasteiger partial charge >= 0.3 is 5.69 Å². The quantitative estimate of drug-likeness (QED) is 0.689. The van der Waals surface area contributed by atoms with Gasteiger partial charge in [0.2, 0.25) is 5.69 Å². The van der Waals surface area contributed by atoms with Crippen LogP contribution in [0.5, 0.6) is 5.75 Å². The number of methoxy groups -OCH3 is 1. The lowest BCUT2D eigenvalue weighted by atomic mass is 10.2. The van der Waals surface area contributed by atoms with Crippen molar-refractivity contribution in [3.8, 4) is 5.75 Å². The minimum atomic E-state index is -0.841. The molecule has 1 amide bonds. The van der Waals surface area contributed by atoms with E-state index in [4.69, 9.17) is 4.74 Å². The van der Waals surface area contributed by atoms with Crippen molar-refractivity contribution in [1.82, 2.24) is 20.5 Å². The molecule has 0 saturated carbocycles. The van der Waals surface area contributed by atoms with Crippen LogP contribution in [0.2, 0.25) is 0 Å². The summed E-state index contributed by atoms with van der Waals surface area (Å²) in [6.07, 6.45) is 0. The average Bonchev–Trinajstić information content (AvgIpc) is 2.45. The number of aromatic nitrogens is 3. The highest BCUT2D eigenvalue weighted by atomic mass is 16.5. The van der Waals surface area contributed by atoms with Gasteiger partial charge in [0.25, 0.3) is 11.5 Å². The van der Waals surface area contributed by atoms with Crippen LogP contribution in [0.15, 0.2) is 33.9 Å². The molecule has 0 unspecified atom stereocenters. The molecule has 0 saturated heterocycles. The summed E-state index contributed by atoms with van der Waals surface area (Å²) in [7, 11) is 1.52. The van der Waals surface area contributed by atoms with Gasteiger partial charge in [0.1, 0.15) is 5.75 Å². The molecule has 3 N–H and O–H groups in total.